The predicted molar refractivity (Wildman–Crippen MR) is 84.9 cm³/mol. The van der Waals surface area contributed by atoms with E-state index in [1.165, 1.54) is 0 Å². The Morgan fingerprint density at radius 3 is 3.00 bits per heavy atom. The van der Waals surface area contributed by atoms with Crippen LogP contribution in [0.25, 0.3) is 0 Å². The van der Waals surface area contributed by atoms with Crippen LogP contribution in [0.5, 0.6) is 11.5 Å². The van der Waals surface area contributed by atoms with Crippen molar-refractivity contribution in [3.8, 4) is 11.5 Å². The molecule has 3 aliphatic rings. The number of carbonyl (C=O) groups excluding carboxylic acids is 1. The zero-order valence-corrected chi connectivity index (χ0v) is 13.6. The number of aliphatic hydroxyl groups is 1. The van der Waals surface area contributed by atoms with Gasteiger partial charge < -0.3 is 24.6 Å². The normalized spacial score (nSPS) is 38.0. The van der Waals surface area contributed by atoms with Gasteiger partial charge in [-0.1, -0.05) is 6.07 Å². The molecule has 0 radical (unpaired) electrons. The second-order valence-electron chi connectivity index (χ2n) is 7.26. The molecule has 1 aliphatic carbocycles. The Morgan fingerprint density at radius 1 is 1.48 bits per heavy atom. The summed E-state index contributed by atoms with van der Waals surface area (Å²) in [5.41, 5.74) is 0.554. The molecule has 1 aromatic carbocycles. The minimum Gasteiger partial charge on any atom is -0.504 e. The third-order valence-corrected chi connectivity index (χ3v) is 6.43. The van der Waals surface area contributed by atoms with Crippen molar-refractivity contribution in [1.82, 2.24) is 4.90 Å². The summed E-state index contributed by atoms with van der Waals surface area (Å²) in [7, 11) is 2.04. The van der Waals surface area contributed by atoms with Crippen LogP contribution >= 0.6 is 0 Å². The Hall–Kier alpha value is -1.59. The number of piperidine rings is 1. The lowest BCUT2D eigenvalue weighted by Crippen LogP contribution is -2.73. The second-order valence-corrected chi connectivity index (χ2v) is 7.26. The van der Waals surface area contributed by atoms with Crippen LogP contribution in [-0.2, 0) is 16.6 Å². The van der Waals surface area contributed by atoms with Crippen molar-refractivity contribution >= 4 is 6.29 Å². The molecule has 1 spiro atoms. The smallest absolute Gasteiger partial charge is 0.165 e. The maximum atomic E-state index is 11.8. The first-order valence-electron chi connectivity index (χ1n) is 8.34. The van der Waals surface area contributed by atoms with Gasteiger partial charge in [0.1, 0.15) is 12.4 Å². The van der Waals surface area contributed by atoms with Crippen molar-refractivity contribution in [2.45, 2.75) is 55.8 Å². The molecule has 2 heterocycles. The maximum absolute atomic E-state index is 11.8. The van der Waals surface area contributed by atoms with Crippen LogP contribution in [0.1, 0.15) is 37.3 Å². The lowest BCUT2D eigenvalue weighted by Gasteiger charge is -2.60. The summed E-state index contributed by atoms with van der Waals surface area (Å²) in [4.78, 5) is 13.2. The number of hydrogen-bond acceptors (Lipinski definition) is 5. The third kappa shape index (κ3) is 1.62. The van der Waals surface area contributed by atoms with E-state index >= 15 is 0 Å². The first-order valence-corrected chi connectivity index (χ1v) is 8.34. The fourth-order valence-electron chi connectivity index (χ4n) is 5.36. The van der Waals surface area contributed by atoms with E-state index in [-0.39, 0.29) is 17.9 Å². The molecule has 124 valence electrons. The number of hydrogen-bond donors (Lipinski definition) is 2. The SMILES string of the molecule is C[C@@H]1Oc2c(O)ccc3c2[C@@]12CCN(C)C(C3)C2(O)CCC=O. The van der Waals surface area contributed by atoms with Gasteiger partial charge >= 0.3 is 0 Å². The van der Waals surface area contributed by atoms with Gasteiger partial charge in [0.25, 0.3) is 0 Å². The molecular weight excluding hydrogens is 294 g/mol. The fourth-order valence-corrected chi connectivity index (χ4v) is 5.36. The number of benzene rings is 1. The van der Waals surface area contributed by atoms with Crippen LogP contribution in [-0.4, -0.2) is 52.7 Å². The van der Waals surface area contributed by atoms with E-state index in [1.807, 2.05) is 20.0 Å². The summed E-state index contributed by atoms with van der Waals surface area (Å²) in [5.74, 6) is 0.671. The Kier molecular flexibility index (Phi) is 3.06. The molecule has 5 nitrogen and oxygen atoms in total. The monoisotopic (exact) mass is 317 g/mol. The van der Waals surface area contributed by atoms with Gasteiger partial charge in [-0.05, 0) is 51.4 Å². The Bertz CT molecular complexity index is 675. The van der Waals surface area contributed by atoms with Gasteiger partial charge in [0.15, 0.2) is 11.5 Å². The van der Waals surface area contributed by atoms with Gasteiger partial charge in [-0.2, -0.15) is 0 Å². The van der Waals surface area contributed by atoms with Gasteiger partial charge in [0.2, 0.25) is 0 Å². The van der Waals surface area contributed by atoms with E-state index in [0.29, 0.717) is 25.0 Å². The summed E-state index contributed by atoms with van der Waals surface area (Å²) >= 11 is 0. The summed E-state index contributed by atoms with van der Waals surface area (Å²) in [6.07, 6.45) is 2.89. The Morgan fingerprint density at radius 2 is 2.26 bits per heavy atom. The fraction of sp³-hybridized carbons (Fsp3) is 0.611. The van der Waals surface area contributed by atoms with Crippen molar-refractivity contribution in [3.63, 3.8) is 0 Å². The molecular formula is C18H23NO4. The molecule has 0 aromatic heterocycles. The van der Waals surface area contributed by atoms with Crippen LogP contribution in [0.4, 0.5) is 0 Å². The molecule has 5 heteroatoms. The number of carbonyl (C=O) groups is 1. The number of nitrogens with zero attached hydrogens (tertiary/aromatic N) is 1. The molecule has 2 aliphatic heterocycles. The van der Waals surface area contributed by atoms with Crippen molar-refractivity contribution in [3.05, 3.63) is 23.3 Å². The van der Waals surface area contributed by atoms with Crippen LogP contribution in [0.2, 0.25) is 0 Å². The quantitative estimate of drug-likeness (QED) is 0.824. The number of fused-ring (bicyclic) bond motifs is 1. The van der Waals surface area contributed by atoms with Crippen LogP contribution in [0.3, 0.4) is 0 Å². The first kappa shape index (κ1) is 15.0. The molecule has 0 amide bonds. The molecule has 1 aromatic rings. The number of rotatable bonds is 3. The summed E-state index contributed by atoms with van der Waals surface area (Å²) in [6.45, 7) is 2.85. The Balaban J connectivity index is 1.98. The molecule has 2 bridgehead atoms. The van der Waals surface area contributed by atoms with E-state index in [4.69, 9.17) is 4.74 Å². The van der Waals surface area contributed by atoms with Gasteiger partial charge in [-0.3, -0.25) is 0 Å². The molecule has 23 heavy (non-hydrogen) atoms. The molecule has 2 unspecified atom stereocenters. The summed E-state index contributed by atoms with van der Waals surface area (Å²) in [6, 6.07) is 3.60. The molecule has 2 N–H and O–H groups in total. The number of phenols is 1. The van der Waals surface area contributed by atoms with Crippen molar-refractivity contribution in [1.29, 1.82) is 0 Å². The topological polar surface area (TPSA) is 70.0 Å². The highest BCUT2D eigenvalue weighted by molar-refractivity contribution is 5.62. The standard InChI is InChI=1S/C18H23NO4/c1-11-17-7-8-19(2)14(18(17,22)6-3-9-20)10-12-4-5-13(21)16(23-11)15(12)17/h4-5,9,11,14,21-22H,3,6-8,10H2,1-2H3/t11-,14?,17+,18?/m0/s1. The highest BCUT2D eigenvalue weighted by Crippen LogP contribution is 2.62. The van der Waals surface area contributed by atoms with E-state index in [9.17, 15) is 15.0 Å². The third-order valence-electron chi connectivity index (χ3n) is 6.43. The molecule has 4 atom stereocenters. The van der Waals surface area contributed by atoms with E-state index in [2.05, 4.69) is 4.90 Å². The number of likely N-dealkylation sites (tertiary alicyclic amines) is 1. The van der Waals surface area contributed by atoms with Crippen molar-refractivity contribution < 1.29 is 19.7 Å². The number of aldehydes is 1. The zero-order chi connectivity index (χ0) is 16.4. The lowest BCUT2D eigenvalue weighted by molar-refractivity contribution is -0.162. The average Bonchev–Trinajstić information content (AvgIpc) is 2.82. The molecule has 1 fully saturated rings. The van der Waals surface area contributed by atoms with E-state index in [0.717, 1.165) is 30.4 Å². The number of phenolic OH excluding ortho intramolecular Hbond substituents is 1. The highest BCUT2D eigenvalue weighted by atomic mass is 16.5. The minimum atomic E-state index is -1.02. The predicted octanol–water partition coefficient (Wildman–Crippen LogP) is 1.38. The zero-order valence-electron chi connectivity index (χ0n) is 13.6. The largest absolute Gasteiger partial charge is 0.504 e. The van der Waals surface area contributed by atoms with Crippen molar-refractivity contribution in [2.75, 3.05) is 13.6 Å². The highest BCUT2D eigenvalue weighted by Gasteiger charge is 2.68. The summed E-state index contributed by atoms with van der Waals surface area (Å²) < 4.78 is 6.03. The first-order chi connectivity index (χ1) is 11.0. The molecule has 1 saturated heterocycles. The van der Waals surface area contributed by atoms with Gasteiger partial charge in [0.05, 0.1) is 11.0 Å². The van der Waals surface area contributed by atoms with E-state index in [1.54, 1.807) is 6.07 Å². The number of aromatic hydroxyl groups is 1. The number of likely N-dealkylation sites (N-methyl/N-ethyl adjacent to an activating group) is 1. The average molecular weight is 317 g/mol. The van der Waals surface area contributed by atoms with Gasteiger partial charge in [0, 0.05) is 18.0 Å². The Labute approximate surface area is 135 Å². The lowest BCUT2D eigenvalue weighted by atomic mass is 9.52. The van der Waals surface area contributed by atoms with Crippen LogP contribution in [0, 0.1) is 0 Å². The molecule has 0 saturated carbocycles. The minimum absolute atomic E-state index is 0.0368. The van der Waals surface area contributed by atoms with Crippen LogP contribution in [0.15, 0.2) is 12.1 Å². The van der Waals surface area contributed by atoms with E-state index < -0.39 is 11.0 Å². The summed E-state index contributed by atoms with van der Waals surface area (Å²) in [5, 5.41) is 22.0. The molecule has 4 rings (SSSR count). The van der Waals surface area contributed by atoms with Crippen molar-refractivity contribution in [2.24, 2.45) is 0 Å². The number of ether oxygens (including phenoxy) is 1. The van der Waals surface area contributed by atoms with Gasteiger partial charge in [-0.25, -0.2) is 0 Å². The van der Waals surface area contributed by atoms with Gasteiger partial charge in [-0.15, -0.1) is 0 Å². The maximum Gasteiger partial charge on any atom is 0.165 e. The second kappa shape index (κ2) is 4.71. The van der Waals surface area contributed by atoms with Crippen LogP contribution < -0.4 is 4.74 Å².